The van der Waals surface area contributed by atoms with E-state index in [-0.39, 0.29) is 6.04 Å². The van der Waals surface area contributed by atoms with Gasteiger partial charge in [-0.25, -0.2) is 8.42 Å². The van der Waals surface area contributed by atoms with Gasteiger partial charge in [-0.3, -0.25) is 0 Å². The van der Waals surface area contributed by atoms with Crippen molar-refractivity contribution in [1.29, 1.82) is 0 Å². The predicted octanol–water partition coefficient (Wildman–Crippen LogP) is 2.67. The van der Waals surface area contributed by atoms with E-state index in [2.05, 4.69) is 6.92 Å². The van der Waals surface area contributed by atoms with E-state index in [9.17, 15) is 8.42 Å². The second kappa shape index (κ2) is 5.63. The molecule has 1 fully saturated rings. The summed E-state index contributed by atoms with van der Waals surface area (Å²) in [6.45, 7) is 4.08. The first-order valence-corrected chi connectivity index (χ1v) is 8.56. The fourth-order valence-electron chi connectivity index (χ4n) is 2.87. The Morgan fingerprint density at radius 2 is 1.84 bits per heavy atom. The molecule has 0 aromatic heterocycles. The van der Waals surface area contributed by atoms with E-state index in [1.807, 2.05) is 19.1 Å². The normalized spacial score (nSPS) is 28.3. The molecule has 106 valence electrons. The van der Waals surface area contributed by atoms with Gasteiger partial charge in [0.25, 0.3) is 0 Å². The van der Waals surface area contributed by atoms with Crippen molar-refractivity contribution in [1.82, 2.24) is 0 Å². The van der Waals surface area contributed by atoms with Gasteiger partial charge in [0, 0.05) is 6.04 Å². The fraction of sp³-hybridized carbons (Fsp3) is 0.600. The van der Waals surface area contributed by atoms with Crippen LogP contribution >= 0.6 is 0 Å². The van der Waals surface area contributed by atoms with Crippen molar-refractivity contribution < 1.29 is 8.42 Å². The molecule has 0 spiro atoms. The molecule has 1 aromatic rings. The zero-order valence-electron chi connectivity index (χ0n) is 11.7. The van der Waals surface area contributed by atoms with Crippen LogP contribution in [0.4, 0.5) is 0 Å². The number of aryl methyl sites for hydroxylation is 1. The molecule has 1 aliphatic carbocycles. The SMILES string of the molecule is CCC1CCC(N)C(S(=O)(=O)c2ccc(C)cc2)C1. The van der Waals surface area contributed by atoms with Crippen molar-refractivity contribution in [3.05, 3.63) is 29.8 Å². The molecule has 1 aromatic carbocycles. The summed E-state index contributed by atoms with van der Waals surface area (Å²) in [4.78, 5) is 0.412. The van der Waals surface area contributed by atoms with Gasteiger partial charge in [-0.2, -0.15) is 0 Å². The van der Waals surface area contributed by atoms with Crippen molar-refractivity contribution >= 4 is 9.84 Å². The van der Waals surface area contributed by atoms with E-state index >= 15 is 0 Å². The van der Waals surface area contributed by atoms with Crippen molar-refractivity contribution in [2.75, 3.05) is 0 Å². The third-order valence-corrected chi connectivity index (χ3v) is 6.55. The van der Waals surface area contributed by atoms with Gasteiger partial charge in [0.05, 0.1) is 10.1 Å². The Morgan fingerprint density at radius 1 is 1.21 bits per heavy atom. The molecule has 0 aliphatic heterocycles. The smallest absolute Gasteiger partial charge is 0.182 e. The van der Waals surface area contributed by atoms with Crippen molar-refractivity contribution in [2.45, 2.75) is 55.7 Å². The summed E-state index contributed by atoms with van der Waals surface area (Å²) in [6.07, 6.45) is 3.60. The summed E-state index contributed by atoms with van der Waals surface area (Å²) in [7, 11) is -3.30. The average molecular weight is 281 g/mol. The fourth-order valence-corrected chi connectivity index (χ4v) is 4.85. The summed E-state index contributed by atoms with van der Waals surface area (Å²) in [5.74, 6) is 0.491. The highest BCUT2D eigenvalue weighted by Gasteiger charge is 2.37. The first kappa shape index (κ1) is 14.5. The number of nitrogens with two attached hydrogens (primary N) is 1. The second-order valence-electron chi connectivity index (χ2n) is 5.65. The zero-order chi connectivity index (χ0) is 14.0. The predicted molar refractivity (Wildman–Crippen MR) is 77.8 cm³/mol. The standard InChI is InChI=1S/C15H23NO2S/c1-3-12-6-9-14(16)15(10-12)19(17,18)13-7-4-11(2)5-8-13/h4-5,7-8,12,14-15H,3,6,9-10,16H2,1-2H3. The van der Waals surface area contributed by atoms with Crippen LogP contribution in [0.25, 0.3) is 0 Å². The first-order valence-electron chi connectivity index (χ1n) is 7.01. The lowest BCUT2D eigenvalue weighted by Crippen LogP contribution is -2.45. The monoisotopic (exact) mass is 281 g/mol. The molecule has 0 heterocycles. The molecule has 0 radical (unpaired) electrons. The Labute approximate surface area is 116 Å². The average Bonchev–Trinajstić information content (AvgIpc) is 2.39. The molecular formula is C15H23NO2S. The Morgan fingerprint density at radius 3 is 2.42 bits per heavy atom. The molecule has 1 saturated carbocycles. The molecule has 2 N–H and O–H groups in total. The van der Waals surface area contributed by atoms with Gasteiger partial charge in [-0.05, 0) is 44.2 Å². The quantitative estimate of drug-likeness (QED) is 0.926. The number of hydrogen-bond acceptors (Lipinski definition) is 3. The highest BCUT2D eigenvalue weighted by molar-refractivity contribution is 7.92. The van der Waals surface area contributed by atoms with E-state index in [1.165, 1.54) is 0 Å². The van der Waals surface area contributed by atoms with Crippen LogP contribution < -0.4 is 5.73 Å². The van der Waals surface area contributed by atoms with E-state index in [0.717, 1.165) is 24.8 Å². The maximum Gasteiger partial charge on any atom is 0.182 e. The van der Waals surface area contributed by atoms with Gasteiger partial charge in [-0.1, -0.05) is 31.0 Å². The lowest BCUT2D eigenvalue weighted by molar-refractivity contribution is 0.319. The maximum atomic E-state index is 12.7. The molecule has 19 heavy (non-hydrogen) atoms. The molecule has 1 aliphatic rings. The second-order valence-corrected chi connectivity index (χ2v) is 7.81. The molecular weight excluding hydrogens is 258 g/mol. The van der Waals surface area contributed by atoms with Crippen LogP contribution in [0, 0.1) is 12.8 Å². The zero-order valence-corrected chi connectivity index (χ0v) is 12.5. The van der Waals surface area contributed by atoms with E-state index in [4.69, 9.17) is 5.73 Å². The number of benzene rings is 1. The molecule has 0 bridgehead atoms. The summed E-state index contributed by atoms with van der Waals surface area (Å²) < 4.78 is 25.4. The maximum absolute atomic E-state index is 12.7. The van der Waals surface area contributed by atoms with Crippen molar-refractivity contribution in [3.63, 3.8) is 0 Å². The van der Waals surface area contributed by atoms with Crippen LogP contribution in [0.3, 0.4) is 0 Å². The van der Waals surface area contributed by atoms with Crippen LogP contribution in [-0.2, 0) is 9.84 Å². The Balaban J connectivity index is 2.29. The van der Waals surface area contributed by atoms with Gasteiger partial charge in [0.2, 0.25) is 0 Å². The summed E-state index contributed by atoms with van der Waals surface area (Å²) >= 11 is 0. The third-order valence-electron chi connectivity index (χ3n) is 4.28. The Kier molecular flexibility index (Phi) is 4.31. The molecule has 2 rings (SSSR count). The van der Waals surface area contributed by atoms with Crippen LogP contribution in [0.5, 0.6) is 0 Å². The van der Waals surface area contributed by atoms with E-state index in [1.54, 1.807) is 12.1 Å². The summed E-state index contributed by atoms with van der Waals surface area (Å²) in [6, 6.07) is 6.87. The largest absolute Gasteiger partial charge is 0.327 e. The lowest BCUT2D eigenvalue weighted by atomic mass is 9.84. The van der Waals surface area contributed by atoms with Crippen LogP contribution in [-0.4, -0.2) is 19.7 Å². The first-order chi connectivity index (χ1) is 8.95. The van der Waals surface area contributed by atoms with Crippen LogP contribution in [0.1, 0.15) is 38.2 Å². The number of sulfone groups is 1. The molecule has 3 unspecified atom stereocenters. The molecule has 3 nitrogen and oxygen atoms in total. The Hall–Kier alpha value is -0.870. The van der Waals surface area contributed by atoms with Crippen molar-refractivity contribution in [3.8, 4) is 0 Å². The summed E-state index contributed by atoms with van der Waals surface area (Å²) in [5.41, 5.74) is 7.14. The van der Waals surface area contributed by atoms with Crippen LogP contribution in [0.2, 0.25) is 0 Å². The molecule has 4 heteroatoms. The van der Waals surface area contributed by atoms with Crippen LogP contribution in [0.15, 0.2) is 29.2 Å². The topological polar surface area (TPSA) is 60.2 Å². The molecule has 3 atom stereocenters. The van der Waals surface area contributed by atoms with Gasteiger partial charge in [-0.15, -0.1) is 0 Å². The number of hydrogen-bond donors (Lipinski definition) is 1. The minimum absolute atomic E-state index is 0.228. The number of rotatable bonds is 3. The van der Waals surface area contributed by atoms with Gasteiger partial charge >= 0.3 is 0 Å². The highest BCUT2D eigenvalue weighted by Crippen LogP contribution is 2.33. The highest BCUT2D eigenvalue weighted by atomic mass is 32.2. The van der Waals surface area contributed by atoms with E-state index in [0.29, 0.717) is 17.2 Å². The van der Waals surface area contributed by atoms with Gasteiger partial charge in [0.1, 0.15) is 0 Å². The molecule has 0 amide bonds. The minimum atomic E-state index is -3.30. The Bertz CT molecular complexity index is 522. The molecule has 0 saturated heterocycles. The lowest BCUT2D eigenvalue weighted by Gasteiger charge is -2.33. The third kappa shape index (κ3) is 3.00. The van der Waals surface area contributed by atoms with Gasteiger partial charge in [0.15, 0.2) is 9.84 Å². The van der Waals surface area contributed by atoms with E-state index < -0.39 is 15.1 Å². The summed E-state index contributed by atoms with van der Waals surface area (Å²) in [5, 5.41) is -0.422. The van der Waals surface area contributed by atoms with Crippen molar-refractivity contribution in [2.24, 2.45) is 11.7 Å². The minimum Gasteiger partial charge on any atom is -0.327 e. The van der Waals surface area contributed by atoms with Gasteiger partial charge < -0.3 is 5.73 Å².